The van der Waals surface area contributed by atoms with E-state index in [-0.39, 0.29) is 17.5 Å². The van der Waals surface area contributed by atoms with Crippen molar-refractivity contribution in [1.82, 2.24) is 4.57 Å². The lowest BCUT2D eigenvalue weighted by molar-refractivity contribution is 0.590. The zero-order chi connectivity index (χ0) is 34.6. The Morgan fingerprint density at radius 1 is 0.600 bits per heavy atom. The van der Waals surface area contributed by atoms with Crippen LogP contribution in [0, 0.1) is 20.8 Å². The summed E-state index contributed by atoms with van der Waals surface area (Å²) in [5.74, 6) is 0. The molecule has 0 saturated heterocycles. The van der Waals surface area contributed by atoms with Crippen molar-refractivity contribution in [2.45, 2.75) is 73.1 Å². The molecule has 0 saturated carbocycles. The van der Waals surface area contributed by atoms with Gasteiger partial charge in [-0.15, -0.1) is 0 Å². The molecule has 2 aliphatic rings. The predicted molar refractivity (Wildman–Crippen MR) is 211 cm³/mol. The Hall–Kier alpha value is -5.16. The number of hydrogen-bond acceptors (Lipinski definition) is 3. The molecule has 8 aromatic rings. The number of benzene rings is 5. The first-order valence-electron chi connectivity index (χ1n) is 17.9. The monoisotopic (exact) mass is 652 g/mol. The Bertz CT molecular complexity index is 2780. The van der Waals surface area contributed by atoms with Crippen LogP contribution >= 0.6 is 0 Å². The fourth-order valence-corrected chi connectivity index (χ4v) is 8.81. The van der Waals surface area contributed by atoms with Crippen LogP contribution in [0.1, 0.15) is 69.5 Å². The molecule has 246 valence electrons. The zero-order valence-electron chi connectivity index (χ0n) is 30.4. The Balaban J connectivity index is 1.40. The second-order valence-corrected chi connectivity index (χ2v) is 16.8. The Labute approximate surface area is 293 Å². The van der Waals surface area contributed by atoms with Crippen molar-refractivity contribution in [3.8, 4) is 5.69 Å². The molecule has 0 spiro atoms. The molecule has 4 nitrogen and oxygen atoms in total. The van der Waals surface area contributed by atoms with Gasteiger partial charge in [0.05, 0.1) is 17.0 Å². The maximum Gasteiger partial charge on any atom is 0.297 e. The van der Waals surface area contributed by atoms with Crippen molar-refractivity contribution in [3.63, 3.8) is 0 Å². The molecule has 5 heteroatoms. The van der Waals surface area contributed by atoms with Gasteiger partial charge >= 0.3 is 0 Å². The lowest BCUT2D eigenvalue weighted by Crippen LogP contribution is -2.60. The maximum atomic E-state index is 7.19. The average Bonchev–Trinajstić information content (AvgIpc) is 3.72. The molecule has 3 aromatic heterocycles. The summed E-state index contributed by atoms with van der Waals surface area (Å²) >= 11 is 0. The van der Waals surface area contributed by atoms with E-state index in [2.05, 4.69) is 151 Å². The summed E-state index contributed by atoms with van der Waals surface area (Å²) in [4.78, 5) is 2.46. The predicted octanol–water partition coefficient (Wildman–Crippen LogP) is 10.4. The summed E-state index contributed by atoms with van der Waals surface area (Å²) in [7, 11) is 0. The fourth-order valence-electron chi connectivity index (χ4n) is 8.81. The molecule has 0 aliphatic carbocycles. The number of aromatic nitrogens is 1. The number of rotatable bonds is 1. The molecular weight excluding hydrogens is 611 g/mol. The molecule has 0 amide bonds. The molecule has 50 heavy (non-hydrogen) atoms. The molecule has 5 heterocycles. The molecule has 0 atom stereocenters. The molecule has 0 N–H and O–H groups in total. The second-order valence-electron chi connectivity index (χ2n) is 16.8. The van der Waals surface area contributed by atoms with Crippen molar-refractivity contribution in [2.75, 3.05) is 4.90 Å². The molecule has 0 radical (unpaired) electrons. The number of anilines is 3. The van der Waals surface area contributed by atoms with Gasteiger partial charge in [0.15, 0.2) is 5.58 Å². The van der Waals surface area contributed by atoms with E-state index in [1.54, 1.807) is 0 Å². The first-order valence-corrected chi connectivity index (χ1v) is 17.9. The van der Waals surface area contributed by atoms with Crippen LogP contribution in [-0.2, 0) is 10.8 Å². The number of hydrogen-bond donors (Lipinski definition) is 0. The van der Waals surface area contributed by atoms with Gasteiger partial charge in [0.1, 0.15) is 11.2 Å². The van der Waals surface area contributed by atoms with E-state index in [4.69, 9.17) is 8.83 Å². The maximum absolute atomic E-state index is 7.19. The quantitative estimate of drug-likeness (QED) is 0.166. The van der Waals surface area contributed by atoms with E-state index >= 15 is 0 Å². The molecule has 0 bridgehead atoms. The highest BCUT2D eigenvalue weighted by Gasteiger charge is 2.46. The van der Waals surface area contributed by atoms with Crippen molar-refractivity contribution in [3.05, 3.63) is 113 Å². The summed E-state index contributed by atoms with van der Waals surface area (Å²) in [6.07, 6.45) is 0. The van der Waals surface area contributed by atoms with Gasteiger partial charge in [0, 0.05) is 44.1 Å². The Kier molecular flexibility index (Phi) is 5.67. The minimum Gasteiger partial charge on any atom is -0.468 e. The van der Waals surface area contributed by atoms with Crippen LogP contribution in [0.4, 0.5) is 17.1 Å². The van der Waals surface area contributed by atoms with Crippen molar-refractivity contribution in [2.24, 2.45) is 0 Å². The number of furan rings is 2. The largest absolute Gasteiger partial charge is 0.468 e. The van der Waals surface area contributed by atoms with Gasteiger partial charge in [-0.1, -0.05) is 84.0 Å². The van der Waals surface area contributed by atoms with Crippen molar-refractivity contribution < 1.29 is 8.83 Å². The molecule has 0 fully saturated rings. The average molecular weight is 653 g/mol. The number of aryl methyl sites for hydroxylation is 2. The van der Waals surface area contributed by atoms with Crippen molar-refractivity contribution >= 4 is 84.2 Å². The van der Waals surface area contributed by atoms with Gasteiger partial charge in [-0.3, -0.25) is 0 Å². The van der Waals surface area contributed by atoms with Crippen LogP contribution in [0.15, 0.2) is 93.8 Å². The van der Waals surface area contributed by atoms with Crippen LogP contribution in [0.3, 0.4) is 0 Å². The van der Waals surface area contributed by atoms with Gasteiger partial charge < -0.3 is 18.3 Å². The van der Waals surface area contributed by atoms with E-state index in [1.165, 1.54) is 61.2 Å². The van der Waals surface area contributed by atoms with E-state index in [9.17, 15) is 0 Å². The summed E-state index contributed by atoms with van der Waals surface area (Å²) in [6.45, 7) is 20.5. The van der Waals surface area contributed by atoms with E-state index < -0.39 is 0 Å². The van der Waals surface area contributed by atoms with Gasteiger partial charge in [-0.2, -0.15) is 0 Å². The molecule has 2 aliphatic heterocycles. The highest BCUT2D eigenvalue weighted by atomic mass is 16.3. The van der Waals surface area contributed by atoms with E-state index in [0.717, 1.165) is 49.9 Å². The lowest BCUT2D eigenvalue weighted by atomic mass is 9.35. The van der Waals surface area contributed by atoms with Gasteiger partial charge in [0.25, 0.3) is 6.71 Å². The SMILES string of the molecule is Cc1cc2c3c(c1)-n1c(C)c(C)c4cc(C(C)(C)C)cc(c41)B3c1oc3ccc(C(C)(C)C)cc3c1N2c1cccc2c1oc1ccccc12. The minimum absolute atomic E-state index is 0.0144. The second kappa shape index (κ2) is 9.54. The normalized spacial score (nSPS) is 14.0. The highest BCUT2D eigenvalue weighted by Crippen LogP contribution is 2.48. The summed E-state index contributed by atoms with van der Waals surface area (Å²) in [5, 5.41) is 4.71. The van der Waals surface area contributed by atoms with Crippen LogP contribution < -0.4 is 21.5 Å². The molecular formula is C45H41BN2O2. The lowest BCUT2D eigenvalue weighted by Gasteiger charge is -2.38. The fraction of sp³-hybridized carbons (Fsp3) is 0.244. The van der Waals surface area contributed by atoms with Crippen LogP contribution in [0.2, 0.25) is 0 Å². The van der Waals surface area contributed by atoms with Gasteiger partial charge in [0.2, 0.25) is 0 Å². The van der Waals surface area contributed by atoms with Crippen LogP contribution in [-0.4, -0.2) is 11.3 Å². The summed E-state index contributed by atoms with van der Waals surface area (Å²) < 4.78 is 16.5. The first-order chi connectivity index (χ1) is 23.8. The summed E-state index contributed by atoms with van der Waals surface area (Å²) in [5.41, 5.74) is 18.6. The van der Waals surface area contributed by atoms with Crippen LogP contribution in [0.5, 0.6) is 0 Å². The standard InChI is InChI=1S/C45H41BN2O2/c1-24-19-35-39-36(20-24)48(34-15-12-14-30-29-13-10-11-16-37(29)49-42(30)34)41-32-21-27(44(4,5)6)17-18-38(32)50-43(41)46(39)33-23-28(45(7,8)9)22-31-25(2)26(3)47(35)40(31)33/h10-23H,1-9H3. The highest BCUT2D eigenvalue weighted by molar-refractivity contribution is 6.99. The minimum atomic E-state index is -0.0711. The number of nitrogens with zero attached hydrogens (tertiary/aromatic N) is 2. The van der Waals surface area contributed by atoms with E-state index in [1.807, 2.05) is 6.07 Å². The zero-order valence-corrected chi connectivity index (χ0v) is 30.4. The third-order valence-electron chi connectivity index (χ3n) is 11.5. The van der Waals surface area contributed by atoms with Crippen molar-refractivity contribution in [1.29, 1.82) is 0 Å². The number of fused-ring (bicyclic) bond motifs is 9. The molecule has 10 rings (SSSR count). The molecule has 0 unspecified atom stereocenters. The van der Waals surface area contributed by atoms with E-state index in [0.29, 0.717) is 0 Å². The Morgan fingerprint density at radius 2 is 1.30 bits per heavy atom. The third kappa shape index (κ3) is 3.78. The Morgan fingerprint density at radius 3 is 2.08 bits per heavy atom. The molecule has 5 aromatic carbocycles. The van der Waals surface area contributed by atoms with Gasteiger partial charge in [-0.25, -0.2) is 0 Å². The first kappa shape index (κ1) is 29.7. The van der Waals surface area contributed by atoms with Crippen LogP contribution in [0.25, 0.3) is 49.5 Å². The summed E-state index contributed by atoms with van der Waals surface area (Å²) in [6, 6.07) is 31.4. The third-order valence-corrected chi connectivity index (χ3v) is 11.5. The smallest absolute Gasteiger partial charge is 0.297 e. The van der Waals surface area contributed by atoms with Gasteiger partial charge in [-0.05, 0) is 107 Å². The number of para-hydroxylation sites is 2. The topological polar surface area (TPSA) is 34.5 Å².